The minimum Gasteiger partial charge on any atom is -0.394 e. The molecule has 0 aromatic heterocycles. The van der Waals surface area contributed by atoms with Crippen molar-refractivity contribution in [3.05, 3.63) is 0 Å². The zero-order chi connectivity index (χ0) is 31.1. The fourth-order valence-electron chi connectivity index (χ4n) is 5.54. The van der Waals surface area contributed by atoms with E-state index in [9.17, 15) is 50.6 Å². The van der Waals surface area contributed by atoms with Crippen molar-refractivity contribution in [3.8, 4) is 0 Å². The first-order valence-corrected chi connectivity index (χ1v) is 13.1. The van der Waals surface area contributed by atoms with E-state index in [2.05, 4.69) is 20.8 Å². The molecule has 0 bridgehead atoms. The molecule has 20 nitrogen and oxygen atoms in total. The van der Waals surface area contributed by atoms with Gasteiger partial charge in [0.2, 0.25) is 17.5 Å². The summed E-state index contributed by atoms with van der Waals surface area (Å²) in [5.74, 6) is -1.27. The summed E-state index contributed by atoms with van der Waals surface area (Å²) < 4.78 is 24.3. The molecule has 4 aliphatic rings. The Morgan fingerprint density at radius 2 is 1.50 bits per heavy atom. The number of hydrogen-bond donors (Lipinski definition) is 12. The normalized spacial score (nSPS) is 47.4. The zero-order valence-corrected chi connectivity index (χ0v) is 22.5. The summed E-state index contributed by atoms with van der Waals surface area (Å²) in [6.07, 6.45) is -20.7. The molecule has 2 amide bonds. The number of fused-ring (bicyclic) bond motifs is 1. The average Bonchev–Trinajstić information content (AvgIpc) is 3.67. The molecule has 0 aliphatic carbocycles. The van der Waals surface area contributed by atoms with Crippen LogP contribution in [0.15, 0.2) is 0 Å². The number of nitrogens with one attached hydrogen (secondary N) is 3. The molecular weight excluding hydrogens is 578 g/mol. The minimum atomic E-state index is -1.87. The van der Waals surface area contributed by atoms with Crippen LogP contribution in [0, 0.1) is 0 Å². The Balaban J connectivity index is 1.59. The van der Waals surface area contributed by atoms with E-state index in [1.807, 2.05) is 0 Å². The van der Waals surface area contributed by atoms with Gasteiger partial charge in [-0.15, -0.1) is 5.26 Å². The minimum absolute atomic E-state index is 0.581. The van der Waals surface area contributed by atoms with Gasteiger partial charge in [-0.1, -0.05) is 0 Å². The fourth-order valence-corrected chi connectivity index (χ4v) is 5.54. The Bertz CT molecular complexity index is 963. The Morgan fingerprint density at radius 3 is 2.07 bits per heavy atom. The van der Waals surface area contributed by atoms with Crippen molar-refractivity contribution in [1.82, 2.24) is 16.0 Å². The molecule has 0 spiro atoms. The van der Waals surface area contributed by atoms with Crippen molar-refractivity contribution in [3.63, 3.8) is 0 Å². The van der Waals surface area contributed by atoms with Gasteiger partial charge >= 0.3 is 0 Å². The quantitative estimate of drug-likeness (QED) is 0.0469. The van der Waals surface area contributed by atoms with Crippen LogP contribution in [-0.4, -0.2) is 169 Å². The van der Waals surface area contributed by atoms with Crippen molar-refractivity contribution in [1.29, 1.82) is 0 Å². The second kappa shape index (κ2) is 13.1. The maximum Gasteiger partial charge on any atom is 0.293 e. The molecule has 42 heavy (non-hydrogen) atoms. The maximum atomic E-state index is 12.1. The first-order valence-electron chi connectivity index (χ1n) is 13.1. The molecule has 242 valence electrons. The SMILES string of the molecule is CC(=O)N[C@H]1[C@H](O[C@@H]2[C@@H](COO)[O+](O)[C@@H]3N[C@@]3(NC(C)=O)[C@H]2O)O[C@H](CO)[C@@H](O[C@@H]2O[C@H](CO)[C@@H](O)[C@H](O)[C@@H]2O)[C@@H]1O. The van der Waals surface area contributed by atoms with Crippen molar-refractivity contribution in [2.75, 3.05) is 19.8 Å². The Morgan fingerprint density at radius 1 is 0.881 bits per heavy atom. The highest BCUT2D eigenvalue weighted by molar-refractivity contribution is 5.74. The molecule has 4 heterocycles. The molecule has 4 aliphatic heterocycles. The van der Waals surface area contributed by atoms with E-state index in [4.69, 9.17) is 24.2 Å². The molecule has 0 saturated carbocycles. The Labute approximate surface area is 237 Å². The molecule has 4 rings (SSSR count). The van der Waals surface area contributed by atoms with Gasteiger partial charge in [-0.3, -0.25) is 14.8 Å². The molecule has 0 radical (unpaired) electrons. The standard InChI is InChI=1S/C22H37N3O17/c1-6(28)23-11-13(31)16(40-20-15(33)14(32)12(30)8(3-26)38-20)9(4-27)39-19(11)41-17-10(5-37-35)42(36)21-22(25-21,18(17)34)24-7(2)29/h8-21,25-27,30-34,36H,3-5H2,1-2H3,(H2-,23,24,28,29,35)/p+1/t8-,9-,10-,11-,12-,13-,14+,15+,16-,17-,18+,19+,20+,21+,22+/m1/s1. The molecule has 15 atom stereocenters. The van der Waals surface area contributed by atoms with E-state index in [1.165, 1.54) is 6.92 Å². The molecule has 20 heteroatoms. The van der Waals surface area contributed by atoms with Gasteiger partial charge in [-0.25, -0.2) is 14.7 Å². The van der Waals surface area contributed by atoms with E-state index in [-0.39, 0.29) is 0 Å². The van der Waals surface area contributed by atoms with Gasteiger partial charge in [-0.2, -0.15) is 0 Å². The summed E-state index contributed by atoms with van der Waals surface area (Å²) in [7, 11) is 0. The number of rotatable bonds is 10. The van der Waals surface area contributed by atoms with E-state index in [0.29, 0.717) is 0 Å². The number of amides is 2. The smallest absolute Gasteiger partial charge is 0.293 e. The summed E-state index contributed by atoms with van der Waals surface area (Å²) >= 11 is 0. The maximum absolute atomic E-state index is 12.1. The fraction of sp³-hybridized carbons (Fsp3) is 0.909. The Kier molecular flexibility index (Phi) is 10.4. The van der Waals surface area contributed by atoms with Gasteiger partial charge in [0, 0.05) is 13.8 Å². The summed E-state index contributed by atoms with van der Waals surface area (Å²) in [4.78, 5) is 28.0. The van der Waals surface area contributed by atoms with Gasteiger partial charge in [0.05, 0.1) is 13.2 Å². The predicted molar refractivity (Wildman–Crippen MR) is 128 cm³/mol. The lowest BCUT2D eigenvalue weighted by molar-refractivity contribution is -0.511. The Hall–Kier alpha value is -1.70. The van der Waals surface area contributed by atoms with Crippen LogP contribution in [0.2, 0.25) is 0 Å². The number of hydrogen-bond acceptors (Lipinski definition) is 17. The van der Waals surface area contributed by atoms with Gasteiger partial charge < -0.3 is 65.3 Å². The lowest BCUT2D eigenvalue weighted by Gasteiger charge is -2.48. The van der Waals surface area contributed by atoms with Gasteiger partial charge in [0.1, 0.15) is 54.9 Å². The van der Waals surface area contributed by atoms with Crippen LogP contribution in [0.3, 0.4) is 0 Å². The molecule has 12 N–H and O–H groups in total. The van der Waals surface area contributed by atoms with Crippen LogP contribution in [0.1, 0.15) is 13.8 Å². The van der Waals surface area contributed by atoms with Crippen LogP contribution in [0.5, 0.6) is 0 Å². The number of aliphatic hydroxyl groups is 7. The summed E-state index contributed by atoms with van der Waals surface area (Å²) in [5, 5.41) is 99.8. The monoisotopic (exact) mass is 616 g/mol. The van der Waals surface area contributed by atoms with Gasteiger partial charge in [0.25, 0.3) is 12.3 Å². The highest BCUT2D eigenvalue weighted by Gasteiger charge is 2.78. The molecule has 4 saturated heterocycles. The molecule has 0 aromatic carbocycles. The van der Waals surface area contributed by atoms with E-state index < -0.39 is 123 Å². The summed E-state index contributed by atoms with van der Waals surface area (Å²) in [6, 6.07) is -1.51. The molecular formula is C22H38N3O17+. The van der Waals surface area contributed by atoms with Crippen LogP contribution >= 0.6 is 0 Å². The third kappa shape index (κ3) is 6.12. The summed E-state index contributed by atoms with van der Waals surface area (Å²) in [6.45, 7) is 0.00800. The van der Waals surface area contributed by atoms with Crippen LogP contribution in [0.25, 0.3) is 0 Å². The van der Waals surface area contributed by atoms with E-state index in [1.54, 1.807) is 4.52 Å². The van der Waals surface area contributed by atoms with Crippen molar-refractivity contribution >= 4 is 11.8 Å². The van der Waals surface area contributed by atoms with Gasteiger partial charge in [-0.05, 0) is 0 Å². The van der Waals surface area contributed by atoms with Gasteiger partial charge in [0.15, 0.2) is 25.3 Å². The number of carbonyl (C=O) groups is 2. The zero-order valence-electron chi connectivity index (χ0n) is 22.5. The largest absolute Gasteiger partial charge is 0.394 e. The van der Waals surface area contributed by atoms with Crippen LogP contribution in [-0.2, 0) is 37.9 Å². The molecule has 4 fully saturated rings. The van der Waals surface area contributed by atoms with E-state index in [0.717, 1.165) is 6.92 Å². The molecule has 0 unspecified atom stereocenters. The average molecular weight is 617 g/mol. The predicted octanol–water partition coefficient (Wildman–Crippen LogP) is -6.84. The first kappa shape index (κ1) is 33.2. The lowest BCUT2D eigenvalue weighted by atomic mass is 9.94. The van der Waals surface area contributed by atoms with Crippen LogP contribution < -0.4 is 16.0 Å². The highest BCUT2D eigenvalue weighted by atomic mass is 17.2. The first-order chi connectivity index (χ1) is 19.8. The molecule has 0 aromatic rings. The van der Waals surface area contributed by atoms with Crippen LogP contribution in [0.4, 0.5) is 0 Å². The number of carbonyl (C=O) groups excluding carboxylic acids is 2. The second-order valence-electron chi connectivity index (χ2n) is 10.5. The third-order valence-electron chi connectivity index (χ3n) is 7.67. The van der Waals surface area contributed by atoms with Crippen molar-refractivity contribution in [2.45, 2.75) is 105 Å². The lowest BCUT2D eigenvalue weighted by Crippen LogP contribution is -2.70. The topological polar surface area (TPSA) is 311 Å². The number of aliphatic hydroxyl groups excluding tert-OH is 7. The van der Waals surface area contributed by atoms with Crippen molar-refractivity contribution < 1.29 is 84.2 Å². The summed E-state index contributed by atoms with van der Waals surface area (Å²) in [5.41, 5.74) is -1.62. The highest BCUT2D eigenvalue weighted by Crippen LogP contribution is 2.43. The van der Waals surface area contributed by atoms with Crippen molar-refractivity contribution in [2.24, 2.45) is 0 Å². The van der Waals surface area contributed by atoms with E-state index >= 15 is 0 Å². The number of ether oxygens (including phenoxy) is 4. The third-order valence-corrected chi connectivity index (χ3v) is 7.67. The second-order valence-corrected chi connectivity index (χ2v) is 10.5.